The van der Waals surface area contributed by atoms with Gasteiger partial charge in [-0.15, -0.1) is 0 Å². The van der Waals surface area contributed by atoms with E-state index in [4.69, 9.17) is 13.9 Å². The molecule has 0 aliphatic carbocycles. The fraction of sp³-hybridized carbons (Fsp3) is 0.481. The van der Waals surface area contributed by atoms with Gasteiger partial charge < -0.3 is 13.9 Å². The number of hydrogen-bond donors (Lipinski definition) is 0. The Kier molecular flexibility index (Phi) is 10.3. The smallest absolute Gasteiger partial charge is 0.343 e. The van der Waals surface area contributed by atoms with Crippen molar-refractivity contribution in [2.45, 2.75) is 79.6 Å². The molecular weight excluding hydrogens is 404 g/mol. The molecule has 5 heteroatoms. The van der Waals surface area contributed by atoms with Crippen LogP contribution in [0.1, 0.15) is 78.7 Å². The molecule has 0 saturated carbocycles. The summed E-state index contributed by atoms with van der Waals surface area (Å²) in [6.45, 7) is 9.38. The molecule has 5 nitrogen and oxygen atoms in total. The molecule has 2 rings (SSSR count). The normalized spacial score (nSPS) is 17.2. The minimum Gasteiger partial charge on any atom is -0.472 e. The van der Waals surface area contributed by atoms with E-state index < -0.39 is 11.9 Å². The molecule has 0 fully saturated rings. The topological polar surface area (TPSA) is 65.7 Å². The minimum absolute atomic E-state index is 0.193. The number of rotatable bonds is 12. The standard InChI is InChI=1S/C27H36O5/c1-19(9-6-10-20(2)12-8-14-24-15-16-30-18-24)11-7-13-21(3)17-25-26(31-23(5)28)22(4)27(29)32-25/h11-12,15-18,21H,6-10,13-14H2,1-5H3/b19-11+,20-12+,25-17-/t21-/m1/s1. The van der Waals surface area contributed by atoms with E-state index in [2.05, 4.69) is 32.9 Å². The first kappa shape index (κ1) is 25.4. The average Bonchev–Trinajstić information content (AvgIpc) is 3.32. The van der Waals surface area contributed by atoms with E-state index in [1.165, 1.54) is 23.6 Å². The van der Waals surface area contributed by atoms with Crippen molar-refractivity contribution < 1.29 is 23.5 Å². The van der Waals surface area contributed by atoms with E-state index in [1.54, 1.807) is 13.2 Å². The number of carbonyl (C=O) groups is 2. The molecule has 1 aliphatic heterocycles. The first-order valence-electron chi connectivity index (χ1n) is 11.4. The van der Waals surface area contributed by atoms with E-state index in [0.29, 0.717) is 11.3 Å². The van der Waals surface area contributed by atoms with Crippen molar-refractivity contribution in [2.24, 2.45) is 5.92 Å². The van der Waals surface area contributed by atoms with Gasteiger partial charge in [0.05, 0.1) is 18.1 Å². The molecule has 32 heavy (non-hydrogen) atoms. The van der Waals surface area contributed by atoms with Gasteiger partial charge in [0.1, 0.15) is 0 Å². The maximum Gasteiger partial charge on any atom is 0.343 e. The van der Waals surface area contributed by atoms with Crippen molar-refractivity contribution in [1.29, 1.82) is 0 Å². The van der Waals surface area contributed by atoms with Crippen molar-refractivity contribution in [1.82, 2.24) is 0 Å². The molecule has 0 spiro atoms. The number of furan rings is 1. The Hall–Kier alpha value is -2.82. The molecule has 174 valence electrons. The second-order valence-corrected chi connectivity index (χ2v) is 8.65. The van der Waals surface area contributed by atoms with E-state index >= 15 is 0 Å². The molecule has 0 bridgehead atoms. The zero-order chi connectivity index (χ0) is 23.5. The third kappa shape index (κ3) is 8.74. The molecule has 0 aromatic carbocycles. The van der Waals surface area contributed by atoms with Gasteiger partial charge in [0.15, 0.2) is 11.5 Å². The predicted octanol–water partition coefficient (Wildman–Crippen LogP) is 6.97. The van der Waals surface area contributed by atoms with Gasteiger partial charge in [0, 0.05) is 6.92 Å². The van der Waals surface area contributed by atoms with Crippen molar-refractivity contribution >= 4 is 11.9 Å². The summed E-state index contributed by atoms with van der Waals surface area (Å²) in [4.78, 5) is 23.1. The number of esters is 2. The molecular formula is C27H36O5. The molecule has 1 atom stereocenters. The lowest BCUT2D eigenvalue weighted by atomic mass is 10.0. The Morgan fingerprint density at radius 2 is 1.81 bits per heavy atom. The van der Waals surface area contributed by atoms with Crippen molar-refractivity contribution in [3.8, 4) is 0 Å². The molecule has 0 N–H and O–H groups in total. The van der Waals surface area contributed by atoms with Gasteiger partial charge in [-0.25, -0.2) is 4.79 Å². The summed E-state index contributed by atoms with van der Waals surface area (Å²) in [5.41, 5.74) is 4.43. The van der Waals surface area contributed by atoms with Gasteiger partial charge in [-0.2, -0.15) is 0 Å². The first-order valence-corrected chi connectivity index (χ1v) is 11.4. The summed E-state index contributed by atoms with van der Waals surface area (Å²) in [6, 6.07) is 2.02. The highest BCUT2D eigenvalue weighted by atomic mass is 16.6. The summed E-state index contributed by atoms with van der Waals surface area (Å²) in [5, 5.41) is 0. The van der Waals surface area contributed by atoms with Gasteiger partial charge >= 0.3 is 11.9 Å². The predicted molar refractivity (Wildman–Crippen MR) is 125 cm³/mol. The Morgan fingerprint density at radius 3 is 2.44 bits per heavy atom. The molecule has 1 aliphatic rings. The third-order valence-corrected chi connectivity index (χ3v) is 5.52. The average molecular weight is 441 g/mol. The van der Waals surface area contributed by atoms with Crippen LogP contribution in [-0.4, -0.2) is 11.9 Å². The van der Waals surface area contributed by atoms with Crippen LogP contribution in [0.2, 0.25) is 0 Å². The molecule has 1 aromatic heterocycles. The number of cyclic esters (lactones) is 1. The second kappa shape index (κ2) is 12.9. The van der Waals surface area contributed by atoms with E-state index in [-0.39, 0.29) is 11.7 Å². The van der Waals surface area contributed by atoms with E-state index in [0.717, 1.165) is 44.9 Å². The van der Waals surface area contributed by atoms with Gasteiger partial charge in [-0.05, 0) is 89.3 Å². The molecule has 0 amide bonds. The summed E-state index contributed by atoms with van der Waals surface area (Å²) in [6.07, 6.45) is 17.4. The Balaban J connectivity index is 1.71. The van der Waals surface area contributed by atoms with Crippen molar-refractivity contribution in [3.63, 3.8) is 0 Å². The highest BCUT2D eigenvalue weighted by Gasteiger charge is 2.29. The van der Waals surface area contributed by atoms with Crippen LogP contribution in [0.3, 0.4) is 0 Å². The number of ether oxygens (including phenoxy) is 2. The number of allylic oxidation sites excluding steroid dienone is 5. The lowest BCUT2D eigenvalue weighted by molar-refractivity contribution is -0.137. The summed E-state index contributed by atoms with van der Waals surface area (Å²) >= 11 is 0. The zero-order valence-electron chi connectivity index (χ0n) is 20.0. The van der Waals surface area contributed by atoms with Crippen molar-refractivity contribution in [2.75, 3.05) is 0 Å². The van der Waals surface area contributed by atoms with Gasteiger partial charge in [0.2, 0.25) is 0 Å². The molecule has 1 aromatic rings. The van der Waals surface area contributed by atoms with Gasteiger partial charge in [-0.3, -0.25) is 4.79 Å². The molecule has 0 unspecified atom stereocenters. The van der Waals surface area contributed by atoms with Crippen LogP contribution in [0.4, 0.5) is 0 Å². The molecule has 2 heterocycles. The van der Waals surface area contributed by atoms with Gasteiger partial charge in [-0.1, -0.05) is 30.2 Å². The fourth-order valence-corrected chi connectivity index (χ4v) is 3.59. The van der Waals surface area contributed by atoms with Crippen LogP contribution in [0.15, 0.2) is 69.5 Å². The first-order chi connectivity index (χ1) is 15.3. The summed E-state index contributed by atoms with van der Waals surface area (Å²) in [7, 11) is 0. The van der Waals surface area contributed by atoms with E-state index in [9.17, 15) is 9.59 Å². The third-order valence-electron chi connectivity index (χ3n) is 5.52. The molecule has 0 saturated heterocycles. The minimum atomic E-state index is -0.460. The van der Waals surface area contributed by atoms with Gasteiger partial charge in [0.25, 0.3) is 0 Å². The van der Waals surface area contributed by atoms with Crippen molar-refractivity contribution in [3.05, 3.63) is 70.6 Å². The summed E-state index contributed by atoms with van der Waals surface area (Å²) < 4.78 is 15.5. The van der Waals surface area contributed by atoms with Crippen LogP contribution in [0.25, 0.3) is 0 Å². The Labute approximate surface area is 191 Å². The van der Waals surface area contributed by atoms with Crippen LogP contribution in [0, 0.1) is 5.92 Å². The SMILES string of the molecule is CC(=O)OC1=C(C)C(=O)O/C1=C\[C@H](C)CC/C=C(\C)CCC/C(C)=C/CCc1ccoc1. The highest BCUT2D eigenvalue weighted by molar-refractivity contribution is 5.94. The Morgan fingerprint density at radius 1 is 1.12 bits per heavy atom. The summed E-state index contributed by atoms with van der Waals surface area (Å²) in [5.74, 6) is -0.127. The monoisotopic (exact) mass is 440 g/mol. The van der Waals surface area contributed by atoms with Crippen LogP contribution < -0.4 is 0 Å². The van der Waals surface area contributed by atoms with Crippen LogP contribution in [0.5, 0.6) is 0 Å². The largest absolute Gasteiger partial charge is 0.472 e. The number of aryl methyl sites for hydroxylation is 1. The number of hydrogen-bond acceptors (Lipinski definition) is 5. The molecule has 0 radical (unpaired) electrons. The maximum absolute atomic E-state index is 11.8. The quantitative estimate of drug-likeness (QED) is 0.259. The highest BCUT2D eigenvalue weighted by Crippen LogP contribution is 2.29. The zero-order valence-corrected chi connectivity index (χ0v) is 20.0. The fourth-order valence-electron chi connectivity index (χ4n) is 3.59. The van der Waals surface area contributed by atoms with Crippen LogP contribution >= 0.6 is 0 Å². The number of carbonyl (C=O) groups excluding carboxylic acids is 2. The Bertz CT molecular complexity index is 896. The van der Waals surface area contributed by atoms with Crippen LogP contribution in [-0.2, 0) is 25.5 Å². The lowest BCUT2D eigenvalue weighted by Gasteiger charge is -2.09. The second-order valence-electron chi connectivity index (χ2n) is 8.65. The lowest BCUT2D eigenvalue weighted by Crippen LogP contribution is -2.02. The van der Waals surface area contributed by atoms with E-state index in [1.807, 2.05) is 18.4 Å². The maximum atomic E-state index is 11.8.